The van der Waals surface area contributed by atoms with Gasteiger partial charge >= 0.3 is 12.1 Å². The first-order valence-electron chi connectivity index (χ1n) is 12.0. The summed E-state index contributed by atoms with van der Waals surface area (Å²) in [4.78, 5) is 36.2. The number of carboxylic acid groups (broad SMARTS) is 1. The summed E-state index contributed by atoms with van der Waals surface area (Å²) >= 11 is 0. The molecule has 0 heterocycles. The molecule has 7 nitrogen and oxygen atoms in total. The maximum absolute atomic E-state index is 12.6. The summed E-state index contributed by atoms with van der Waals surface area (Å²) in [5, 5.41) is 15.0. The van der Waals surface area contributed by atoms with Crippen LogP contribution in [0.5, 0.6) is 0 Å². The quantitative estimate of drug-likeness (QED) is 0.581. The normalized spacial score (nSPS) is 25.3. The molecule has 0 saturated heterocycles. The van der Waals surface area contributed by atoms with Gasteiger partial charge in [0, 0.05) is 18.5 Å². The van der Waals surface area contributed by atoms with Crippen molar-refractivity contribution >= 4 is 18.0 Å². The molecule has 3 N–H and O–H groups in total. The predicted molar refractivity (Wildman–Crippen MR) is 126 cm³/mol. The van der Waals surface area contributed by atoms with Crippen LogP contribution >= 0.6 is 0 Å². The Bertz CT molecular complexity index is 1070. The lowest BCUT2D eigenvalue weighted by molar-refractivity contribution is -0.141. The molecule has 178 valence electrons. The van der Waals surface area contributed by atoms with Gasteiger partial charge in [-0.1, -0.05) is 55.5 Å². The number of carbonyl (C=O) groups is 3. The number of carbonyl (C=O) groups excluding carboxylic acids is 2. The van der Waals surface area contributed by atoms with E-state index in [1.165, 1.54) is 11.1 Å². The SMILES string of the molecule is CC(CNC(=O)OCC1c2ccccc2-c2ccccc21)C(=O)NC1CC2CC(C(=O)O)CC21. The van der Waals surface area contributed by atoms with Crippen LogP contribution < -0.4 is 10.6 Å². The van der Waals surface area contributed by atoms with E-state index in [4.69, 9.17) is 4.74 Å². The maximum atomic E-state index is 12.6. The maximum Gasteiger partial charge on any atom is 0.407 e. The summed E-state index contributed by atoms with van der Waals surface area (Å²) < 4.78 is 5.54. The van der Waals surface area contributed by atoms with Crippen molar-refractivity contribution in [1.29, 1.82) is 0 Å². The molecule has 0 bridgehead atoms. The number of amides is 2. The summed E-state index contributed by atoms with van der Waals surface area (Å²) in [6, 6.07) is 16.4. The third-order valence-electron chi connectivity index (χ3n) is 7.84. The molecular weight excluding hydrogens is 432 g/mol. The number of rotatable bonds is 7. The summed E-state index contributed by atoms with van der Waals surface area (Å²) in [5.41, 5.74) is 4.65. The second-order valence-corrected chi connectivity index (χ2v) is 9.89. The molecule has 5 atom stereocenters. The van der Waals surface area contributed by atoms with Gasteiger partial charge in [-0.2, -0.15) is 0 Å². The van der Waals surface area contributed by atoms with Crippen LogP contribution in [0.2, 0.25) is 0 Å². The molecule has 0 aromatic heterocycles. The zero-order valence-corrected chi connectivity index (χ0v) is 19.2. The largest absolute Gasteiger partial charge is 0.481 e. The topological polar surface area (TPSA) is 105 Å². The third kappa shape index (κ3) is 4.15. The zero-order chi connectivity index (χ0) is 23.8. The standard InChI is InChI=1S/C27H30N2O5/c1-15(25(30)29-24-12-16-10-17(26(31)32)11-22(16)24)13-28-27(33)34-14-23-20-8-4-2-6-18(20)19-7-3-5-9-21(19)23/h2-9,15-17,22-24H,10-14H2,1H3,(H,28,33)(H,29,30)(H,31,32). The predicted octanol–water partition coefficient (Wildman–Crippen LogP) is 3.78. The molecule has 5 rings (SSSR count). The van der Waals surface area contributed by atoms with Gasteiger partial charge in [0.2, 0.25) is 5.91 Å². The Balaban J connectivity index is 1.08. The van der Waals surface area contributed by atoms with Crippen molar-refractivity contribution in [3.8, 4) is 11.1 Å². The van der Waals surface area contributed by atoms with Crippen LogP contribution in [0.3, 0.4) is 0 Å². The van der Waals surface area contributed by atoms with Crippen molar-refractivity contribution < 1.29 is 24.2 Å². The van der Waals surface area contributed by atoms with Crippen LogP contribution in [0.1, 0.15) is 43.2 Å². The average molecular weight is 463 g/mol. The fraction of sp³-hybridized carbons (Fsp3) is 0.444. The monoisotopic (exact) mass is 462 g/mol. The Labute approximate surface area is 198 Å². The summed E-state index contributed by atoms with van der Waals surface area (Å²) in [6.45, 7) is 2.18. The van der Waals surface area contributed by atoms with E-state index in [2.05, 4.69) is 34.9 Å². The molecule has 3 aliphatic carbocycles. The van der Waals surface area contributed by atoms with E-state index in [0.717, 1.165) is 17.5 Å². The van der Waals surface area contributed by atoms with Gasteiger partial charge in [0.25, 0.3) is 0 Å². The number of alkyl carbamates (subject to hydrolysis) is 1. The van der Waals surface area contributed by atoms with E-state index < -0.39 is 18.0 Å². The molecule has 0 radical (unpaired) electrons. The van der Waals surface area contributed by atoms with Gasteiger partial charge in [0.1, 0.15) is 6.61 Å². The molecule has 7 heteroatoms. The molecule has 3 aliphatic rings. The summed E-state index contributed by atoms with van der Waals surface area (Å²) in [5.74, 6) is -0.901. The van der Waals surface area contributed by atoms with Gasteiger partial charge in [-0.3, -0.25) is 9.59 Å². The number of aliphatic carboxylic acids is 1. The second kappa shape index (κ2) is 9.12. The van der Waals surface area contributed by atoms with Gasteiger partial charge in [-0.05, 0) is 53.4 Å². The number of carboxylic acids is 1. The number of hydrogen-bond acceptors (Lipinski definition) is 4. The minimum absolute atomic E-state index is 0.00789. The fourth-order valence-electron chi connectivity index (χ4n) is 5.90. The number of benzene rings is 2. The highest BCUT2D eigenvalue weighted by atomic mass is 16.5. The van der Waals surface area contributed by atoms with Crippen LogP contribution in [0.4, 0.5) is 4.79 Å². The third-order valence-corrected chi connectivity index (χ3v) is 7.84. The van der Waals surface area contributed by atoms with Crippen molar-refractivity contribution in [3.63, 3.8) is 0 Å². The summed E-state index contributed by atoms with van der Waals surface area (Å²) in [6.07, 6.45) is 1.65. The highest BCUT2D eigenvalue weighted by molar-refractivity contribution is 5.80. The van der Waals surface area contributed by atoms with Crippen molar-refractivity contribution in [2.24, 2.45) is 23.7 Å². The van der Waals surface area contributed by atoms with Gasteiger partial charge in [0.05, 0.1) is 11.8 Å². The molecule has 2 fully saturated rings. The fourth-order valence-corrected chi connectivity index (χ4v) is 5.90. The second-order valence-electron chi connectivity index (χ2n) is 9.89. The number of nitrogens with one attached hydrogen (secondary N) is 2. The Morgan fingerprint density at radius 1 is 1.00 bits per heavy atom. The van der Waals surface area contributed by atoms with Crippen LogP contribution in [-0.4, -0.2) is 42.3 Å². The van der Waals surface area contributed by atoms with Gasteiger partial charge < -0.3 is 20.5 Å². The van der Waals surface area contributed by atoms with E-state index in [-0.39, 0.29) is 42.9 Å². The Morgan fingerprint density at radius 2 is 1.65 bits per heavy atom. The lowest BCUT2D eigenvalue weighted by atomic mass is 9.71. The van der Waals surface area contributed by atoms with Crippen LogP contribution in [0.25, 0.3) is 11.1 Å². The van der Waals surface area contributed by atoms with Crippen molar-refractivity contribution in [2.75, 3.05) is 13.2 Å². The molecule has 0 aliphatic heterocycles. The first kappa shape index (κ1) is 22.4. The molecule has 34 heavy (non-hydrogen) atoms. The van der Waals surface area contributed by atoms with Gasteiger partial charge in [-0.15, -0.1) is 0 Å². The molecule has 2 aromatic rings. The first-order valence-corrected chi connectivity index (χ1v) is 12.0. The van der Waals surface area contributed by atoms with E-state index in [0.29, 0.717) is 18.8 Å². The Hall–Kier alpha value is -3.35. The van der Waals surface area contributed by atoms with E-state index >= 15 is 0 Å². The van der Waals surface area contributed by atoms with Crippen molar-refractivity contribution in [3.05, 3.63) is 59.7 Å². The Kier molecular flexibility index (Phi) is 6.02. The van der Waals surface area contributed by atoms with E-state index in [1.54, 1.807) is 6.92 Å². The highest BCUT2D eigenvalue weighted by Crippen LogP contribution is 2.50. The van der Waals surface area contributed by atoms with Gasteiger partial charge in [0.15, 0.2) is 0 Å². The number of fused-ring (bicyclic) bond motifs is 4. The highest BCUT2D eigenvalue weighted by Gasteiger charge is 2.50. The first-order chi connectivity index (χ1) is 16.4. The van der Waals surface area contributed by atoms with Crippen molar-refractivity contribution in [2.45, 2.75) is 38.1 Å². The Morgan fingerprint density at radius 3 is 2.29 bits per heavy atom. The van der Waals surface area contributed by atoms with E-state index in [1.807, 2.05) is 24.3 Å². The van der Waals surface area contributed by atoms with Crippen LogP contribution in [0, 0.1) is 23.7 Å². The lowest BCUT2D eigenvalue weighted by Gasteiger charge is -2.41. The van der Waals surface area contributed by atoms with Crippen molar-refractivity contribution in [1.82, 2.24) is 10.6 Å². The minimum atomic E-state index is -0.736. The zero-order valence-electron chi connectivity index (χ0n) is 19.2. The molecule has 5 unspecified atom stereocenters. The summed E-state index contributed by atoms with van der Waals surface area (Å²) in [7, 11) is 0. The molecule has 2 amide bonds. The van der Waals surface area contributed by atoms with Gasteiger partial charge in [-0.25, -0.2) is 4.79 Å². The molecule has 2 aromatic carbocycles. The van der Waals surface area contributed by atoms with Crippen LogP contribution in [-0.2, 0) is 14.3 Å². The minimum Gasteiger partial charge on any atom is -0.481 e. The molecular formula is C27H30N2O5. The van der Waals surface area contributed by atoms with E-state index in [9.17, 15) is 19.5 Å². The average Bonchev–Trinajstić information content (AvgIpc) is 3.34. The molecule has 2 saturated carbocycles. The van der Waals surface area contributed by atoms with Crippen LogP contribution in [0.15, 0.2) is 48.5 Å². The number of ether oxygens (including phenoxy) is 1. The lowest BCUT2D eigenvalue weighted by Crippen LogP contribution is -2.52. The number of hydrogen-bond donors (Lipinski definition) is 3. The molecule has 0 spiro atoms. The smallest absolute Gasteiger partial charge is 0.407 e.